The average Bonchev–Trinajstić information content (AvgIpc) is 2.87. The van der Waals surface area contributed by atoms with Crippen LogP contribution in [0, 0.1) is 11.3 Å². The van der Waals surface area contributed by atoms with Crippen LogP contribution in [0.4, 0.5) is 0 Å². The van der Waals surface area contributed by atoms with Gasteiger partial charge in [-0.1, -0.05) is 6.07 Å². The molecule has 0 atom stereocenters. The summed E-state index contributed by atoms with van der Waals surface area (Å²) < 4.78 is 3.57. The minimum absolute atomic E-state index is 0.0373. The lowest BCUT2D eigenvalue weighted by Gasteiger charge is -2.39. The van der Waals surface area contributed by atoms with Crippen LogP contribution in [0.5, 0.6) is 0 Å². The minimum atomic E-state index is 0.0373. The van der Waals surface area contributed by atoms with Crippen LogP contribution in [0.2, 0.25) is 0 Å². The molecule has 1 aliphatic rings. The third-order valence-corrected chi connectivity index (χ3v) is 3.60. The highest BCUT2D eigenvalue weighted by Crippen LogP contribution is 2.20. The number of hydrogen-bond acceptors (Lipinski definition) is 4. The fourth-order valence-corrected chi connectivity index (χ4v) is 2.38. The fraction of sp³-hybridized carbons (Fsp3) is 0.357. The van der Waals surface area contributed by atoms with Crippen molar-refractivity contribution in [1.82, 2.24) is 19.2 Å². The zero-order valence-corrected chi connectivity index (χ0v) is 11.0. The lowest BCUT2D eigenvalue weighted by molar-refractivity contribution is 0.0943. The highest BCUT2D eigenvalue weighted by Gasteiger charge is 2.28. The van der Waals surface area contributed by atoms with E-state index < -0.39 is 0 Å². The molecule has 0 bridgehead atoms. The summed E-state index contributed by atoms with van der Waals surface area (Å²) in [6.07, 6.45) is 5.18. The van der Waals surface area contributed by atoms with Crippen LogP contribution in [0.15, 0.2) is 41.6 Å². The maximum absolute atomic E-state index is 11.6. The van der Waals surface area contributed by atoms with Crippen LogP contribution in [-0.2, 0) is 6.54 Å². The Bertz CT molecular complexity index is 690. The Morgan fingerprint density at radius 3 is 2.90 bits per heavy atom. The van der Waals surface area contributed by atoms with Gasteiger partial charge >= 0.3 is 0 Å². The van der Waals surface area contributed by atoms with Crippen LogP contribution in [-0.4, -0.2) is 38.9 Å². The molecular formula is C14H15N5O. The van der Waals surface area contributed by atoms with Gasteiger partial charge in [-0.2, -0.15) is 10.4 Å². The molecule has 1 aliphatic heterocycles. The van der Waals surface area contributed by atoms with Crippen molar-refractivity contribution in [2.75, 3.05) is 19.6 Å². The van der Waals surface area contributed by atoms with E-state index in [4.69, 9.17) is 5.26 Å². The molecule has 0 aromatic carbocycles. The van der Waals surface area contributed by atoms with Crippen molar-refractivity contribution in [2.24, 2.45) is 0 Å². The molecule has 102 valence electrons. The second-order valence-electron chi connectivity index (χ2n) is 4.97. The molecule has 3 rings (SSSR count). The Morgan fingerprint density at radius 2 is 2.20 bits per heavy atom. The molecule has 6 heteroatoms. The van der Waals surface area contributed by atoms with Crippen molar-refractivity contribution in [3.05, 3.63) is 52.7 Å². The van der Waals surface area contributed by atoms with Crippen LogP contribution < -0.4 is 5.56 Å². The topological polar surface area (TPSA) is 66.8 Å². The fourth-order valence-electron chi connectivity index (χ4n) is 2.38. The van der Waals surface area contributed by atoms with Crippen molar-refractivity contribution in [3.63, 3.8) is 0 Å². The molecule has 0 N–H and O–H groups in total. The van der Waals surface area contributed by atoms with Crippen molar-refractivity contribution in [1.29, 1.82) is 5.26 Å². The maximum atomic E-state index is 11.6. The Labute approximate surface area is 116 Å². The van der Waals surface area contributed by atoms with Crippen molar-refractivity contribution in [2.45, 2.75) is 12.6 Å². The lowest BCUT2D eigenvalue weighted by Crippen LogP contribution is -2.49. The van der Waals surface area contributed by atoms with E-state index in [2.05, 4.69) is 16.1 Å². The van der Waals surface area contributed by atoms with E-state index in [9.17, 15) is 4.79 Å². The second-order valence-corrected chi connectivity index (χ2v) is 4.97. The summed E-state index contributed by atoms with van der Waals surface area (Å²) in [5, 5.41) is 13.0. The van der Waals surface area contributed by atoms with Crippen molar-refractivity contribution < 1.29 is 0 Å². The second kappa shape index (κ2) is 5.31. The molecule has 0 amide bonds. The smallest absolute Gasteiger partial charge is 0.250 e. The summed E-state index contributed by atoms with van der Waals surface area (Å²) in [6.45, 7) is 3.38. The SMILES string of the molecule is N#Cc1cnn(C2CN(CCn3ccccc3=O)C2)c1. The average molecular weight is 269 g/mol. The molecule has 1 saturated heterocycles. The molecular weight excluding hydrogens is 254 g/mol. The van der Waals surface area contributed by atoms with E-state index in [1.165, 1.54) is 0 Å². The largest absolute Gasteiger partial charge is 0.314 e. The summed E-state index contributed by atoms with van der Waals surface area (Å²) in [6, 6.07) is 7.61. The van der Waals surface area contributed by atoms with E-state index in [1.807, 2.05) is 16.9 Å². The van der Waals surface area contributed by atoms with E-state index in [-0.39, 0.29) is 5.56 Å². The Balaban J connectivity index is 1.50. The molecule has 0 aliphatic carbocycles. The van der Waals surface area contributed by atoms with Crippen LogP contribution in [0.3, 0.4) is 0 Å². The molecule has 0 saturated carbocycles. The summed E-state index contributed by atoms with van der Waals surface area (Å²) in [7, 11) is 0. The van der Waals surface area contributed by atoms with Gasteiger partial charge in [-0.25, -0.2) is 0 Å². The van der Waals surface area contributed by atoms with Crippen LogP contribution in [0.1, 0.15) is 11.6 Å². The summed E-state index contributed by atoms with van der Waals surface area (Å²) >= 11 is 0. The Hall–Kier alpha value is -2.39. The van der Waals surface area contributed by atoms with Gasteiger partial charge in [0.15, 0.2) is 0 Å². The lowest BCUT2D eigenvalue weighted by atomic mass is 10.1. The van der Waals surface area contributed by atoms with E-state index >= 15 is 0 Å². The standard InChI is InChI=1S/C14H15N5O/c15-7-12-8-16-19(9-12)13-10-17(11-13)5-6-18-4-2-1-3-14(18)20/h1-4,8-9,13H,5-6,10-11H2. The monoisotopic (exact) mass is 269 g/mol. The molecule has 6 nitrogen and oxygen atoms in total. The first-order valence-corrected chi connectivity index (χ1v) is 6.58. The van der Waals surface area contributed by atoms with Gasteiger partial charge in [0, 0.05) is 44.6 Å². The first-order chi connectivity index (χ1) is 9.76. The number of hydrogen-bond donors (Lipinski definition) is 0. The zero-order chi connectivity index (χ0) is 13.9. The van der Waals surface area contributed by atoms with Gasteiger partial charge in [-0.05, 0) is 6.07 Å². The normalized spacial score (nSPS) is 15.8. The summed E-state index contributed by atoms with van der Waals surface area (Å²) in [5.41, 5.74) is 0.634. The number of aromatic nitrogens is 3. The molecule has 2 aromatic rings. The number of nitrogens with zero attached hydrogens (tertiary/aromatic N) is 5. The maximum Gasteiger partial charge on any atom is 0.250 e. The zero-order valence-electron chi connectivity index (χ0n) is 11.0. The van der Waals surface area contributed by atoms with Gasteiger partial charge in [0.05, 0.1) is 17.8 Å². The van der Waals surface area contributed by atoms with Gasteiger partial charge in [-0.15, -0.1) is 0 Å². The molecule has 20 heavy (non-hydrogen) atoms. The van der Waals surface area contributed by atoms with E-state index in [0.29, 0.717) is 18.2 Å². The Morgan fingerprint density at radius 1 is 1.35 bits per heavy atom. The van der Waals surface area contributed by atoms with Crippen LogP contribution >= 0.6 is 0 Å². The highest BCUT2D eigenvalue weighted by atomic mass is 16.1. The van der Waals surface area contributed by atoms with Gasteiger partial charge in [0.1, 0.15) is 6.07 Å². The molecule has 0 radical (unpaired) electrons. The van der Waals surface area contributed by atoms with Crippen molar-refractivity contribution >= 4 is 0 Å². The number of likely N-dealkylation sites (tertiary alicyclic amines) is 1. The quantitative estimate of drug-likeness (QED) is 0.809. The third kappa shape index (κ3) is 2.49. The third-order valence-electron chi connectivity index (χ3n) is 3.60. The number of pyridine rings is 1. The van der Waals surface area contributed by atoms with E-state index in [1.54, 1.807) is 29.1 Å². The Kier molecular flexibility index (Phi) is 3.35. The molecule has 2 aromatic heterocycles. The van der Waals surface area contributed by atoms with Gasteiger partial charge < -0.3 is 4.57 Å². The van der Waals surface area contributed by atoms with Gasteiger partial charge in [-0.3, -0.25) is 14.4 Å². The molecule has 0 spiro atoms. The summed E-state index contributed by atoms with van der Waals surface area (Å²) in [4.78, 5) is 13.8. The van der Waals surface area contributed by atoms with Gasteiger partial charge in [0.2, 0.25) is 0 Å². The number of nitriles is 1. The molecule has 1 fully saturated rings. The van der Waals surface area contributed by atoms with Crippen molar-refractivity contribution in [3.8, 4) is 6.07 Å². The highest BCUT2D eigenvalue weighted by molar-refractivity contribution is 5.22. The van der Waals surface area contributed by atoms with E-state index in [0.717, 1.165) is 19.6 Å². The first kappa shape index (κ1) is 12.6. The number of rotatable bonds is 4. The van der Waals surface area contributed by atoms with Crippen LogP contribution in [0.25, 0.3) is 0 Å². The van der Waals surface area contributed by atoms with Gasteiger partial charge in [0.25, 0.3) is 5.56 Å². The summed E-state index contributed by atoms with van der Waals surface area (Å²) in [5.74, 6) is 0. The minimum Gasteiger partial charge on any atom is -0.314 e. The molecule has 0 unspecified atom stereocenters. The predicted molar refractivity (Wildman–Crippen MR) is 73.1 cm³/mol. The molecule has 3 heterocycles. The first-order valence-electron chi connectivity index (χ1n) is 6.58. The predicted octanol–water partition coefficient (Wildman–Crippen LogP) is 0.473.